The molecule has 2 N–H and O–H groups in total. The molecule has 1 saturated heterocycles. The predicted octanol–water partition coefficient (Wildman–Crippen LogP) is 3.12. The highest BCUT2D eigenvalue weighted by molar-refractivity contribution is 7.89. The average molecular weight is 317 g/mol. The van der Waals surface area contributed by atoms with Crippen LogP contribution in [-0.4, -0.2) is 25.8 Å². The second-order valence-corrected chi connectivity index (χ2v) is 7.58. The Labute approximate surface area is 126 Å². The van der Waals surface area contributed by atoms with E-state index in [1.807, 2.05) is 0 Å². The maximum Gasteiger partial charge on any atom is 0.246 e. The fraction of sp³-hybridized carbons (Fsp3) is 0.571. The number of halogens is 1. The van der Waals surface area contributed by atoms with E-state index in [4.69, 9.17) is 17.3 Å². The van der Waals surface area contributed by atoms with Crippen molar-refractivity contribution in [2.45, 2.75) is 37.5 Å². The lowest BCUT2D eigenvalue weighted by molar-refractivity contribution is 0.262. The fourth-order valence-corrected chi connectivity index (χ4v) is 4.88. The highest BCUT2D eigenvalue weighted by Crippen LogP contribution is 2.32. The summed E-state index contributed by atoms with van der Waals surface area (Å²) in [6, 6.07) is 4.79. The second-order valence-electron chi connectivity index (χ2n) is 5.29. The quantitative estimate of drug-likeness (QED) is 0.868. The zero-order chi connectivity index (χ0) is 14.8. The van der Waals surface area contributed by atoms with E-state index in [2.05, 4.69) is 6.92 Å². The van der Waals surface area contributed by atoms with E-state index in [9.17, 15) is 8.42 Å². The van der Waals surface area contributed by atoms with E-state index in [1.165, 1.54) is 10.7 Å². The largest absolute Gasteiger partial charge is 0.398 e. The van der Waals surface area contributed by atoms with Crippen LogP contribution in [0.5, 0.6) is 0 Å². The Balaban J connectivity index is 2.20. The first-order chi connectivity index (χ1) is 9.46. The van der Waals surface area contributed by atoms with E-state index in [1.54, 1.807) is 18.2 Å². The van der Waals surface area contributed by atoms with Crippen LogP contribution in [0.15, 0.2) is 23.1 Å². The van der Waals surface area contributed by atoms with Crippen molar-refractivity contribution in [3.05, 3.63) is 23.2 Å². The van der Waals surface area contributed by atoms with Gasteiger partial charge in [0.2, 0.25) is 10.0 Å². The van der Waals surface area contributed by atoms with Gasteiger partial charge in [0.05, 0.1) is 10.7 Å². The summed E-state index contributed by atoms with van der Waals surface area (Å²) >= 11 is 6.03. The molecule has 0 radical (unpaired) electrons. The van der Waals surface area contributed by atoms with Crippen LogP contribution in [-0.2, 0) is 10.0 Å². The molecule has 112 valence electrons. The van der Waals surface area contributed by atoms with Gasteiger partial charge in [-0.2, -0.15) is 4.31 Å². The van der Waals surface area contributed by atoms with E-state index in [-0.39, 0.29) is 15.6 Å². The number of benzene rings is 1. The highest BCUT2D eigenvalue weighted by atomic mass is 35.5. The molecule has 0 bridgehead atoms. The number of anilines is 1. The lowest BCUT2D eigenvalue weighted by atomic mass is 9.94. The Bertz CT molecular complexity index is 546. The minimum absolute atomic E-state index is 0.0515. The van der Waals surface area contributed by atoms with Crippen molar-refractivity contribution in [1.29, 1.82) is 0 Å². The van der Waals surface area contributed by atoms with Gasteiger partial charge in [0, 0.05) is 13.1 Å². The minimum atomic E-state index is -3.59. The number of sulfonamides is 1. The molecule has 0 unspecified atom stereocenters. The molecule has 0 spiro atoms. The molecular formula is C14H21ClN2O2S. The fourth-order valence-electron chi connectivity index (χ4n) is 2.77. The molecule has 1 aliphatic heterocycles. The van der Waals surface area contributed by atoms with Crippen LogP contribution >= 0.6 is 11.6 Å². The number of hydrogen-bond acceptors (Lipinski definition) is 3. The van der Waals surface area contributed by atoms with E-state index in [0.29, 0.717) is 19.0 Å². The first-order valence-corrected chi connectivity index (χ1v) is 8.82. The summed E-state index contributed by atoms with van der Waals surface area (Å²) in [5, 5.41) is 0.195. The third kappa shape index (κ3) is 3.10. The van der Waals surface area contributed by atoms with Crippen LogP contribution in [0.25, 0.3) is 0 Å². The molecule has 0 aromatic heterocycles. The molecular weight excluding hydrogens is 296 g/mol. The summed E-state index contributed by atoms with van der Waals surface area (Å²) in [6.45, 7) is 3.27. The van der Waals surface area contributed by atoms with Crippen molar-refractivity contribution in [2.75, 3.05) is 18.8 Å². The van der Waals surface area contributed by atoms with Crippen LogP contribution in [0.3, 0.4) is 0 Å². The van der Waals surface area contributed by atoms with Crippen LogP contribution < -0.4 is 5.73 Å². The van der Waals surface area contributed by atoms with Crippen molar-refractivity contribution in [3.8, 4) is 0 Å². The Morgan fingerprint density at radius 2 is 2.00 bits per heavy atom. The van der Waals surface area contributed by atoms with Gasteiger partial charge in [0.15, 0.2) is 0 Å². The highest BCUT2D eigenvalue weighted by Gasteiger charge is 2.31. The van der Waals surface area contributed by atoms with Gasteiger partial charge in [-0.05, 0) is 30.9 Å². The molecule has 2 rings (SSSR count). The molecule has 1 aliphatic rings. The van der Waals surface area contributed by atoms with Crippen LogP contribution in [0.4, 0.5) is 5.69 Å². The summed E-state index contributed by atoms with van der Waals surface area (Å²) < 4.78 is 26.8. The smallest absolute Gasteiger partial charge is 0.246 e. The monoisotopic (exact) mass is 316 g/mol. The molecule has 0 saturated carbocycles. The maximum absolute atomic E-state index is 12.7. The molecule has 1 fully saturated rings. The second kappa shape index (κ2) is 6.33. The molecule has 0 amide bonds. The van der Waals surface area contributed by atoms with Crippen molar-refractivity contribution < 1.29 is 8.42 Å². The SMILES string of the molecule is CCCC1CCN(S(=O)(=O)c2c(N)cccc2Cl)CC1. The number of nitrogens with zero attached hydrogens (tertiary/aromatic N) is 1. The first kappa shape index (κ1) is 15.6. The minimum Gasteiger partial charge on any atom is -0.398 e. The molecule has 6 heteroatoms. The first-order valence-electron chi connectivity index (χ1n) is 7.01. The van der Waals surface area contributed by atoms with Crippen molar-refractivity contribution in [1.82, 2.24) is 4.31 Å². The van der Waals surface area contributed by atoms with Crippen molar-refractivity contribution >= 4 is 27.3 Å². The summed E-state index contributed by atoms with van der Waals surface area (Å²) in [6.07, 6.45) is 4.14. The summed E-state index contributed by atoms with van der Waals surface area (Å²) in [5.41, 5.74) is 6.01. The average Bonchev–Trinajstić information content (AvgIpc) is 2.39. The van der Waals surface area contributed by atoms with E-state index < -0.39 is 10.0 Å². The van der Waals surface area contributed by atoms with Crippen LogP contribution in [0, 0.1) is 5.92 Å². The Morgan fingerprint density at radius 1 is 1.35 bits per heavy atom. The van der Waals surface area contributed by atoms with Crippen molar-refractivity contribution in [3.63, 3.8) is 0 Å². The number of nitrogen functional groups attached to an aromatic ring is 1. The molecule has 1 aromatic rings. The Morgan fingerprint density at radius 3 is 2.55 bits per heavy atom. The van der Waals surface area contributed by atoms with Gasteiger partial charge in [-0.25, -0.2) is 8.42 Å². The number of rotatable bonds is 4. The van der Waals surface area contributed by atoms with Gasteiger partial charge >= 0.3 is 0 Å². The van der Waals surface area contributed by atoms with E-state index in [0.717, 1.165) is 19.3 Å². The third-order valence-electron chi connectivity index (χ3n) is 3.87. The number of piperidine rings is 1. The summed E-state index contributed by atoms with van der Waals surface area (Å²) in [7, 11) is -3.59. The summed E-state index contributed by atoms with van der Waals surface area (Å²) in [4.78, 5) is 0.0515. The van der Waals surface area contributed by atoms with Gasteiger partial charge in [-0.15, -0.1) is 0 Å². The van der Waals surface area contributed by atoms with Gasteiger partial charge < -0.3 is 5.73 Å². The third-order valence-corrected chi connectivity index (χ3v) is 6.31. The number of hydrogen-bond donors (Lipinski definition) is 1. The van der Waals surface area contributed by atoms with Crippen molar-refractivity contribution in [2.24, 2.45) is 5.92 Å². The topological polar surface area (TPSA) is 63.4 Å². The number of nitrogens with two attached hydrogens (primary N) is 1. The molecule has 20 heavy (non-hydrogen) atoms. The van der Waals surface area contributed by atoms with E-state index >= 15 is 0 Å². The zero-order valence-electron chi connectivity index (χ0n) is 11.7. The van der Waals surface area contributed by atoms with Gasteiger partial charge in [-0.1, -0.05) is 37.4 Å². The lowest BCUT2D eigenvalue weighted by Gasteiger charge is -2.31. The van der Waals surface area contributed by atoms with Crippen LogP contribution in [0.1, 0.15) is 32.6 Å². The lowest BCUT2D eigenvalue weighted by Crippen LogP contribution is -2.38. The van der Waals surface area contributed by atoms with Gasteiger partial charge in [0.1, 0.15) is 4.90 Å². The normalized spacial score (nSPS) is 18.3. The summed E-state index contributed by atoms with van der Waals surface area (Å²) in [5.74, 6) is 0.634. The molecule has 0 aliphatic carbocycles. The Hall–Kier alpha value is -0.780. The molecule has 4 nitrogen and oxygen atoms in total. The maximum atomic E-state index is 12.7. The zero-order valence-corrected chi connectivity index (χ0v) is 13.3. The molecule has 1 aromatic carbocycles. The standard InChI is InChI=1S/C14H21ClN2O2S/c1-2-4-11-7-9-17(10-8-11)20(18,19)14-12(15)5-3-6-13(14)16/h3,5-6,11H,2,4,7-10,16H2,1H3. The Kier molecular flexibility index (Phi) is 4.94. The molecule has 1 heterocycles. The predicted molar refractivity (Wildman–Crippen MR) is 82.3 cm³/mol. The van der Waals surface area contributed by atoms with Gasteiger partial charge in [-0.3, -0.25) is 0 Å². The van der Waals surface area contributed by atoms with Gasteiger partial charge in [0.25, 0.3) is 0 Å². The molecule has 0 atom stereocenters. The van der Waals surface area contributed by atoms with Crippen LogP contribution in [0.2, 0.25) is 5.02 Å².